The van der Waals surface area contributed by atoms with Gasteiger partial charge in [0, 0.05) is 18.9 Å². The van der Waals surface area contributed by atoms with Crippen LogP contribution in [0.3, 0.4) is 0 Å². The predicted molar refractivity (Wildman–Crippen MR) is 58.1 cm³/mol. The first-order valence-electron chi connectivity index (χ1n) is 5.30. The molecular formula is C11H9F3N2O3. The second-order valence-electron chi connectivity index (χ2n) is 4.58. The SMILES string of the molecule is NC(=O)C1(c2ccc(F)c([N+](=O)[O-])c2)CC(F)(F)C1. The Bertz CT molecular complexity index is 566. The van der Waals surface area contributed by atoms with Crippen LogP contribution in [0, 0.1) is 15.9 Å². The number of amides is 1. The van der Waals surface area contributed by atoms with Crippen molar-refractivity contribution >= 4 is 11.6 Å². The number of primary amides is 1. The molecule has 102 valence electrons. The maximum Gasteiger partial charge on any atom is 0.305 e. The van der Waals surface area contributed by atoms with Gasteiger partial charge in [0.1, 0.15) is 0 Å². The molecule has 0 saturated heterocycles. The summed E-state index contributed by atoms with van der Waals surface area (Å²) in [6.07, 6.45) is -1.64. The molecule has 2 N–H and O–H groups in total. The summed E-state index contributed by atoms with van der Waals surface area (Å²) in [5, 5.41) is 10.6. The lowest BCUT2D eigenvalue weighted by Crippen LogP contribution is -2.57. The number of nitrogens with two attached hydrogens (primary N) is 1. The van der Waals surface area contributed by atoms with E-state index < -0.39 is 46.5 Å². The van der Waals surface area contributed by atoms with Gasteiger partial charge in [-0.1, -0.05) is 6.07 Å². The maximum absolute atomic E-state index is 13.2. The van der Waals surface area contributed by atoms with Crippen molar-refractivity contribution in [3.8, 4) is 0 Å². The second-order valence-corrected chi connectivity index (χ2v) is 4.58. The average molecular weight is 274 g/mol. The van der Waals surface area contributed by atoms with E-state index in [-0.39, 0.29) is 5.56 Å². The van der Waals surface area contributed by atoms with Gasteiger partial charge in [-0.25, -0.2) is 8.78 Å². The van der Waals surface area contributed by atoms with Crippen LogP contribution in [0.5, 0.6) is 0 Å². The van der Waals surface area contributed by atoms with Crippen LogP contribution in [0.25, 0.3) is 0 Å². The van der Waals surface area contributed by atoms with Crippen LogP contribution in [0.2, 0.25) is 0 Å². The predicted octanol–water partition coefficient (Wildman–Crippen LogP) is 1.89. The van der Waals surface area contributed by atoms with Gasteiger partial charge in [0.05, 0.1) is 10.3 Å². The third-order valence-electron chi connectivity index (χ3n) is 3.29. The Morgan fingerprint density at radius 1 is 1.37 bits per heavy atom. The van der Waals surface area contributed by atoms with Crippen molar-refractivity contribution in [2.45, 2.75) is 24.2 Å². The van der Waals surface area contributed by atoms with Gasteiger partial charge in [-0.05, 0) is 11.6 Å². The molecule has 0 heterocycles. The van der Waals surface area contributed by atoms with E-state index in [1.165, 1.54) is 0 Å². The van der Waals surface area contributed by atoms with Crippen LogP contribution in [0.15, 0.2) is 18.2 Å². The van der Waals surface area contributed by atoms with E-state index in [1.807, 2.05) is 0 Å². The maximum atomic E-state index is 13.2. The Labute approximate surface area is 105 Å². The fraction of sp³-hybridized carbons (Fsp3) is 0.364. The minimum absolute atomic E-state index is 0.0565. The van der Waals surface area contributed by atoms with E-state index in [1.54, 1.807) is 0 Å². The molecule has 0 spiro atoms. The van der Waals surface area contributed by atoms with Crippen molar-refractivity contribution in [2.75, 3.05) is 0 Å². The summed E-state index contributed by atoms with van der Waals surface area (Å²) in [5.74, 6) is -5.14. The molecule has 0 aromatic heterocycles. The summed E-state index contributed by atoms with van der Waals surface area (Å²) in [4.78, 5) is 21.0. The van der Waals surface area contributed by atoms with E-state index in [0.29, 0.717) is 0 Å². The Hall–Kier alpha value is -2.12. The molecule has 8 heteroatoms. The van der Waals surface area contributed by atoms with Crippen molar-refractivity contribution < 1.29 is 22.9 Å². The first-order valence-corrected chi connectivity index (χ1v) is 5.30. The molecule has 19 heavy (non-hydrogen) atoms. The molecule has 0 radical (unpaired) electrons. The van der Waals surface area contributed by atoms with Gasteiger partial charge in [0.15, 0.2) is 0 Å². The molecular weight excluding hydrogens is 265 g/mol. The molecule has 0 unspecified atom stereocenters. The minimum atomic E-state index is -3.04. The highest BCUT2D eigenvalue weighted by atomic mass is 19.3. The number of hydrogen-bond donors (Lipinski definition) is 1. The van der Waals surface area contributed by atoms with Gasteiger partial charge < -0.3 is 5.73 Å². The lowest BCUT2D eigenvalue weighted by molar-refractivity contribution is -0.387. The van der Waals surface area contributed by atoms with Gasteiger partial charge in [0.25, 0.3) is 5.92 Å². The van der Waals surface area contributed by atoms with Crippen molar-refractivity contribution in [1.82, 2.24) is 0 Å². The summed E-state index contributed by atoms with van der Waals surface area (Å²) < 4.78 is 39.2. The molecule has 0 aliphatic heterocycles. The van der Waals surface area contributed by atoms with Crippen LogP contribution >= 0.6 is 0 Å². The number of alkyl halides is 2. The number of nitro benzene ring substituents is 1. The smallest absolute Gasteiger partial charge is 0.305 e. The summed E-state index contributed by atoms with van der Waals surface area (Å²) in [6.45, 7) is 0. The number of rotatable bonds is 3. The molecule has 1 fully saturated rings. The van der Waals surface area contributed by atoms with Gasteiger partial charge in [-0.2, -0.15) is 4.39 Å². The minimum Gasteiger partial charge on any atom is -0.369 e. The van der Waals surface area contributed by atoms with Gasteiger partial charge in [-0.3, -0.25) is 14.9 Å². The first kappa shape index (κ1) is 13.3. The number of nitro groups is 1. The molecule has 1 aliphatic rings. The monoisotopic (exact) mass is 274 g/mol. The van der Waals surface area contributed by atoms with Crippen LogP contribution in [-0.2, 0) is 10.2 Å². The summed E-state index contributed by atoms with van der Waals surface area (Å²) in [6, 6.07) is 2.63. The third-order valence-corrected chi connectivity index (χ3v) is 3.29. The van der Waals surface area contributed by atoms with Crippen molar-refractivity contribution in [2.24, 2.45) is 5.73 Å². The lowest BCUT2D eigenvalue weighted by Gasteiger charge is -2.45. The molecule has 1 aliphatic carbocycles. The highest BCUT2D eigenvalue weighted by Gasteiger charge is 2.61. The Kier molecular flexibility index (Phi) is 2.76. The Morgan fingerprint density at radius 2 is 1.95 bits per heavy atom. The van der Waals surface area contributed by atoms with Gasteiger partial charge in [0.2, 0.25) is 11.7 Å². The number of carbonyl (C=O) groups is 1. The van der Waals surface area contributed by atoms with E-state index in [2.05, 4.69) is 0 Å². The standard InChI is InChI=1S/C11H9F3N2O3/c12-7-2-1-6(3-8(7)16(18)19)10(9(15)17)4-11(13,14)5-10/h1-3H,4-5H2,(H2,15,17). The van der Waals surface area contributed by atoms with Crippen molar-refractivity contribution in [3.63, 3.8) is 0 Å². The molecule has 1 aromatic carbocycles. The zero-order valence-corrected chi connectivity index (χ0v) is 9.53. The fourth-order valence-corrected chi connectivity index (χ4v) is 2.30. The number of benzene rings is 1. The van der Waals surface area contributed by atoms with E-state index >= 15 is 0 Å². The van der Waals surface area contributed by atoms with Crippen LogP contribution in [0.1, 0.15) is 18.4 Å². The average Bonchev–Trinajstić information content (AvgIpc) is 2.25. The molecule has 0 bridgehead atoms. The molecule has 1 saturated carbocycles. The highest BCUT2D eigenvalue weighted by Crippen LogP contribution is 2.53. The Balaban J connectivity index is 2.48. The summed E-state index contributed by atoms with van der Waals surface area (Å²) in [7, 11) is 0. The second kappa shape index (κ2) is 3.94. The molecule has 1 aromatic rings. The molecule has 5 nitrogen and oxygen atoms in total. The zero-order chi connectivity index (χ0) is 14.4. The molecule has 1 amide bonds. The Morgan fingerprint density at radius 3 is 2.37 bits per heavy atom. The van der Waals surface area contributed by atoms with E-state index in [4.69, 9.17) is 5.73 Å². The fourth-order valence-electron chi connectivity index (χ4n) is 2.30. The van der Waals surface area contributed by atoms with Crippen molar-refractivity contribution in [3.05, 3.63) is 39.7 Å². The van der Waals surface area contributed by atoms with E-state index in [9.17, 15) is 28.1 Å². The summed E-state index contributed by atoms with van der Waals surface area (Å²) in [5.41, 5.74) is 2.53. The lowest BCUT2D eigenvalue weighted by atomic mass is 9.61. The normalized spacial score (nSPS) is 19.5. The zero-order valence-electron chi connectivity index (χ0n) is 9.53. The molecule has 0 atom stereocenters. The van der Waals surface area contributed by atoms with Crippen LogP contribution in [0.4, 0.5) is 18.9 Å². The van der Waals surface area contributed by atoms with Crippen LogP contribution in [-0.4, -0.2) is 16.8 Å². The van der Waals surface area contributed by atoms with E-state index in [0.717, 1.165) is 18.2 Å². The number of carbonyl (C=O) groups excluding carboxylic acids is 1. The molecule has 2 rings (SSSR count). The van der Waals surface area contributed by atoms with Crippen molar-refractivity contribution in [1.29, 1.82) is 0 Å². The number of halogens is 3. The number of hydrogen-bond acceptors (Lipinski definition) is 3. The highest BCUT2D eigenvalue weighted by molar-refractivity contribution is 5.88. The first-order chi connectivity index (χ1) is 8.68. The van der Waals surface area contributed by atoms with Gasteiger partial charge in [-0.15, -0.1) is 0 Å². The quantitative estimate of drug-likeness (QED) is 0.674. The third kappa shape index (κ3) is 2.02. The van der Waals surface area contributed by atoms with Gasteiger partial charge >= 0.3 is 5.69 Å². The number of nitrogens with zero attached hydrogens (tertiary/aromatic N) is 1. The van der Waals surface area contributed by atoms with Crippen LogP contribution < -0.4 is 5.73 Å². The topological polar surface area (TPSA) is 86.2 Å². The largest absolute Gasteiger partial charge is 0.369 e. The summed E-state index contributed by atoms with van der Waals surface area (Å²) >= 11 is 0.